The first-order chi connectivity index (χ1) is 11.8. The number of hydrogen-bond donors (Lipinski definition) is 0. The lowest BCUT2D eigenvalue weighted by Crippen LogP contribution is -2.35. The predicted molar refractivity (Wildman–Crippen MR) is 91.1 cm³/mol. The van der Waals surface area contributed by atoms with Gasteiger partial charge in [0.15, 0.2) is 0 Å². The number of halogens is 1. The van der Waals surface area contributed by atoms with Crippen molar-refractivity contribution < 1.29 is 4.74 Å². The van der Waals surface area contributed by atoms with Crippen LogP contribution in [-0.2, 0) is 19.5 Å². The smallest absolute Gasteiger partial charge is 0.232 e. The molecular formula is C17H22ClN5O. The summed E-state index contributed by atoms with van der Waals surface area (Å²) in [4.78, 5) is 6.65. The number of aryl methyl sites for hydroxylation is 1. The normalized spacial score (nSPS) is 18.7. The highest BCUT2D eigenvalue weighted by Gasteiger charge is 2.23. The first kappa shape index (κ1) is 15.8. The van der Waals surface area contributed by atoms with E-state index < -0.39 is 0 Å². The summed E-state index contributed by atoms with van der Waals surface area (Å²) in [5, 5.41) is 9.23. The molecule has 1 saturated heterocycles. The topological polar surface area (TPSA) is 56.1 Å². The van der Waals surface area contributed by atoms with Crippen LogP contribution in [0.5, 0.6) is 5.88 Å². The molecule has 24 heavy (non-hydrogen) atoms. The number of fused-ring (bicyclic) bond motifs is 1. The van der Waals surface area contributed by atoms with Crippen molar-refractivity contribution in [2.45, 2.75) is 38.8 Å². The van der Waals surface area contributed by atoms with E-state index in [1.165, 1.54) is 6.42 Å². The molecule has 4 heterocycles. The average Bonchev–Trinajstić information content (AvgIpc) is 3.21. The third-order valence-corrected chi connectivity index (χ3v) is 5.23. The van der Waals surface area contributed by atoms with Gasteiger partial charge in [0, 0.05) is 19.2 Å². The molecule has 7 heteroatoms. The molecule has 0 aliphatic carbocycles. The van der Waals surface area contributed by atoms with Gasteiger partial charge in [-0.25, -0.2) is 4.98 Å². The molecule has 0 N–H and O–H groups in total. The minimum Gasteiger partial charge on any atom is -0.476 e. The number of aromatic nitrogens is 4. The summed E-state index contributed by atoms with van der Waals surface area (Å²) in [5.41, 5.74) is 0. The molecule has 2 aliphatic rings. The fraction of sp³-hybridized carbons (Fsp3) is 0.588. The Morgan fingerprint density at radius 1 is 1.21 bits per heavy atom. The van der Waals surface area contributed by atoms with Crippen molar-refractivity contribution >= 4 is 11.6 Å². The van der Waals surface area contributed by atoms with Crippen molar-refractivity contribution in [1.29, 1.82) is 0 Å². The molecule has 2 aromatic heterocycles. The summed E-state index contributed by atoms with van der Waals surface area (Å²) in [7, 11) is 0. The van der Waals surface area contributed by atoms with Crippen LogP contribution in [0.2, 0.25) is 5.02 Å². The maximum absolute atomic E-state index is 6.08. The minimum atomic E-state index is 0.542. The van der Waals surface area contributed by atoms with Crippen molar-refractivity contribution in [3.05, 3.63) is 35.0 Å². The van der Waals surface area contributed by atoms with E-state index >= 15 is 0 Å². The maximum atomic E-state index is 6.08. The van der Waals surface area contributed by atoms with Crippen LogP contribution in [0.1, 0.15) is 30.9 Å². The lowest BCUT2D eigenvalue weighted by atomic mass is 9.98. The lowest BCUT2D eigenvalue weighted by molar-refractivity contribution is 0.131. The molecule has 0 aromatic carbocycles. The summed E-state index contributed by atoms with van der Waals surface area (Å²) in [6.45, 7) is 4.82. The zero-order chi connectivity index (χ0) is 16.4. The molecule has 0 radical (unpaired) electrons. The SMILES string of the molecule is Clc1cccnc1OCC1CCN(Cc2nnc3n2CCC3)CC1. The molecule has 0 bridgehead atoms. The summed E-state index contributed by atoms with van der Waals surface area (Å²) in [6, 6.07) is 3.62. The van der Waals surface area contributed by atoms with Gasteiger partial charge in [-0.3, -0.25) is 4.90 Å². The molecule has 0 unspecified atom stereocenters. The second kappa shape index (κ2) is 7.07. The first-order valence-corrected chi connectivity index (χ1v) is 9.04. The quantitative estimate of drug-likeness (QED) is 0.832. The Kier molecular flexibility index (Phi) is 4.67. The van der Waals surface area contributed by atoms with Crippen LogP contribution >= 0.6 is 11.6 Å². The van der Waals surface area contributed by atoms with Gasteiger partial charge in [0.05, 0.1) is 13.2 Å². The maximum Gasteiger partial charge on any atom is 0.232 e. The highest BCUT2D eigenvalue weighted by molar-refractivity contribution is 6.31. The highest BCUT2D eigenvalue weighted by Crippen LogP contribution is 2.24. The number of pyridine rings is 1. The van der Waals surface area contributed by atoms with Crippen LogP contribution in [0.25, 0.3) is 0 Å². The summed E-state index contributed by atoms with van der Waals surface area (Å²) in [6.07, 6.45) is 6.24. The number of hydrogen-bond acceptors (Lipinski definition) is 5. The van der Waals surface area contributed by atoms with E-state index in [-0.39, 0.29) is 0 Å². The molecule has 4 rings (SSSR count). The standard InChI is InChI=1S/C17H22ClN5O/c18-14-3-1-7-19-17(14)24-12-13-5-9-22(10-6-13)11-16-21-20-15-4-2-8-23(15)16/h1,3,7,13H,2,4-6,8-12H2. The fourth-order valence-electron chi connectivity index (χ4n) is 3.51. The van der Waals surface area contributed by atoms with Gasteiger partial charge in [-0.15, -0.1) is 10.2 Å². The Labute approximate surface area is 146 Å². The van der Waals surface area contributed by atoms with Crippen molar-refractivity contribution in [3.8, 4) is 5.88 Å². The average molecular weight is 348 g/mol. The molecule has 2 aliphatic heterocycles. The van der Waals surface area contributed by atoms with Gasteiger partial charge in [0.1, 0.15) is 16.7 Å². The third kappa shape index (κ3) is 3.39. The van der Waals surface area contributed by atoms with E-state index in [9.17, 15) is 0 Å². The van der Waals surface area contributed by atoms with Gasteiger partial charge >= 0.3 is 0 Å². The highest BCUT2D eigenvalue weighted by atomic mass is 35.5. The van der Waals surface area contributed by atoms with Crippen LogP contribution in [0.4, 0.5) is 0 Å². The summed E-state index contributed by atoms with van der Waals surface area (Å²) >= 11 is 6.08. The predicted octanol–water partition coefficient (Wildman–Crippen LogP) is 2.56. The zero-order valence-electron chi connectivity index (χ0n) is 13.7. The first-order valence-electron chi connectivity index (χ1n) is 8.66. The van der Waals surface area contributed by atoms with E-state index in [0.717, 1.165) is 57.1 Å². The van der Waals surface area contributed by atoms with Gasteiger partial charge in [-0.2, -0.15) is 0 Å². The zero-order valence-corrected chi connectivity index (χ0v) is 14.5. The van der Waals surface area contributed by atoms with Crippen LogP contribution in [0.3, 0.4) is 0 Å². The number of rotatable bonds is 5. The van der Waals surface area contributed by atoms with Crippen LogP contribution in [0, 0.1) is 5.92 Å². The Morgan fingerprint density at radius 2 is 2.08 bits per heavy atom. The second-order valence-corrected chi connectivity index (χ2v) is 7.02. The molecule has 0 amide bonds. The molecular weight excluding hydrogens is 326 g/mol. The Morgan fingerprint density at radius 3 is 2.92 bits per heavy atom. The van der Waals surface area contributed by atoms with Gasteiger partial charge in [-0.1, -0.05) is 11.6 Å². The van der Waals surface area contributed by atoms with Gasteiger partial charge in [-0.05, 0) is 50.4 Å². The van der Waals surface area contributed by atoms with Gasteiger partial charge < -0.3 is 9.30 Å². The third-order valence-electron chi connectivity index (χ3n) is 4.94. The fourth-order valence-corrected chi connectivity index (χ4v) is 3.69. The largest absolute Gasteiger partial charge is 0.476 e. The molecule has 128 valence electrons. The van der Waals surface area contributed by atoms with Crippen LogP contribution < -0.4 is 4.74 Å². The van der Waals surface area contributed by atoms with Crippen molar-refractivity contribution in [1.82, 2.24) is 24.6 Å². The molecule has 0 spiro atoms. The number of piperidine rings is 1. The second-order valence-electron chi connectivity index (χ2n) is 6.61. The van der Waals surface area contributed by atoms with E-state index in [1.54, 1.807) is 6.20 Å². The van der Waals surface area contributed by atoms with E-state index in [1.807, 2.05) is 12.1 Å². The van der Waals surface area contributed by atoms with E-state index in [4.69, 9.17) is 16.3 Å². The Balaban J connectivity index is 1.25. The number of likely N-dealkylation sites (tertiary alicyclic amines) is 1. The van der Waals surface area contributed by atoms with E-state index in [2.05, 4.69) is 24.6 Å². The molecule has 2 aromatic rings. The molecule has 0 atom stereocenters. The number of nitrogens with zero attached hydrogens (tertiary/aromatic N) is 5. The van der Waals surface area contributed by atoms with Crippen LogP contribution in [0.15, 0.2) is 18.3 Å². The van der Waals surface area contributed by atoms with Gasteiger partial charge in [0.2, 0.25) is 5.88 Å². The molecule has 1 fully saturated rings. The van der Waals surface area contributed by atoms with Crippen molar-refractivity contribution in [2.24, 2.45) is 5.92 Å². The van der Waals surface area contributed by atoms with E-state index in [0.29, 0.717) is 23.4 Å². The van der Waals surface area contributed by atoms with Crippen molar-refractivity contribution in [2.75, 3.05) is 19.7 Å². The number of ether oxygens (including phenoxy) is 1. The molecule has 0 saturated carbocycles. The summed E-state index contributed by atoms with van der Waals surface area (Å²) < 4.78 is 8.08. The summed E-state index contributed by atoms with van der Waals surface area (Å²) in [5.74, 6) is 3.38. The monoisotopic (exact) mass is 347 g/mol. The Bertz CT molecular complexity index is 696. The minimum absolute atomic E-state index is 0.542. The van der Waals surface area contributed by atoms with Crippen molar-refractivity contribution in [3.63, 3.8) is 0 Å². The van der Waals surface area contributed by atoms with Gasteiger partial charge in [0.25, 0.3) is 0 Å². The lowest BCUT2D eigenvalue weighted by Gasteiger charge is -2.31. The Hall–Kier alpha value is -1.66. The molecule has 6 nitrogen and oxygen atoms in total. The van der Waals surface area contributed by atoms with Crippen LogP contribution in [-0.4, -0.2) is 44.3 Å².